The fourth-order valence-corrected chi connectivity index (χ4v) is 6.57. The normalized spacial score (nSPS) is 20.2. The van der Waals surface area contributed by atoms with E-state index in [0.717, 1.165) is 18.4 Å². The van der Waals surface area contributed by atoms with Crippen LogP contribution in [0.1, 0.15) is 18.4 Å². The van der Waals surface area contributed by atoms with E-state index >= 15 is 0 Å². The average molecular weight is 559 g/mol. The summed E-state index contributed by atoms with van der Waals surface area (Å²) in [5.41, 5.74) is 1.48. The molecule has 0 unspecified atom stereocenters. The van der Waals surface area contributed by atoms with Crippen LogP contribution in [0, 0.1) is 5.92 Å². The van der Waals surface area contributed by atoms with Gasteiger partial charge in [0.2, 0.25) is 15.8 Å². The van der Waals surface area contributed by atoms with E-state index in [2.05, 4.69) is 5.10 Å². The Morgan fingerprint density at radius 3 is 2.45 bits per heavy atom. The van der Waals surface area contributed by atoms with Gasteiger partial charge in [-0.1, -0.05) is 48.0 Å². The highest BCUT2D eigenvalue weighted by Crippen LogP contribution is 2.32. The van der Waals surface area contributed by atoms with E-state index in [0.29, 0.717) is 55.1 Å². The van der Waals surface area contributed by atoms with Gasteiger partial charge in [0.05, 0.1) is 30.3 Å². The largest absolute Gasteiger partial charge is 0.486 e. The van der Waals surface area contributed by atoms with Crippen LogP contribution in [0.3, 0.4) is 0 Å². The molecule has 1 aliphatic heterocycles. The molecule has 0 atom stereocenters. The quantitative estimate of drug-likeness (QED) is 0.397. The molecule has 38 heavy (non-hydrogen) atoms. The lowest BCUT2D eigenvalue weighted by atomic mass is 9.83. The Morgan fingerprint density at radius 1 is 1.03 bits per heavy atom. The molecule has 0 radical (unpaired) electrons. The number of hydrogen-bond donors (Lipinski definition) is 0. The van der Waals surface area contributed by atoms with E-state index in [1.54, 1.807) is 37.6 Å². The number of aromatic nitrogens is 2. The third-order valence-electron chi connectivity index (χ3n) is 7.12. The standard InChI is InChI=1S/C27H31ClN4O5S/c1-36-24-14-21(15-24)18-37-26-25(17-29-32(27(26)33)23-9-5-8-22(28)16-23)30-10-12-31(13-11-30)38(34,35)19-20-6-3-2-4-7-20/h2-9,16-17,21,24H,10-15,18-19H2,1H3. The topological polar surface area (TPSA) is 94.0 Å². The Hall–Kier alpha value is -2.92. The number of halogens is 1. The number of sulfonamides is 1. The molecule has 11 heteroatoms. The highest BCUT2D eigenvalue weighted by atomic mass is 35.5. The van der Waals surface area contributed by atoms with E-state index in [1.165, 1.54) is 8.99 Å². The van der Waals surface area contributed by atoms with Crippen LogP contribution in [-0.2, 0) is 20.5 Å². The Labute approximate surface area is 227 Å². The second-order valence-corrected chi connectivity index (χ2v) is 12.1. The summed E-state index contributed by atoms with van der Waals surface area (Å²) < 4.78 is 40.3. The molecule has 2 aliphatic rings. The molecule has 0 spiro atoms. The van der Waals surface area contributed by atoms with Gasteiger partial charge >= 0.3 is 5.56 Å². The molecule has 0 bridgehead atoms. The van der Waals surface area contributed by atoms with Crippen LogP contribution < -0.4 is 15.2 Å². The minimum atomic E-state index is -3.46. The van der Waals surface area contributed by atoms with Crippen LogP contribution in [0.4, 0.5) is 5.69 Å². The summed E-state index contributed by atoms with van der Waals surface area (Å²) in [6.07, 6.45) is 3.62. The highest BCUT2D eigenvalue weighted by Gasteiger charge is 2.32. The predicted molar refractivity (Wildman–Crippen MR) is 147 cm³/mol. The van der Waals surface area contributed by atoms with Crippen molar-refractivity contribution in [2.75, 3.05) is 44.8 Å². The maximum atomic E-state index is 13.6. The lowest BCUT2D eigenvalue weighted by Gasteiger charge is -2.36. The Bertz CT molecular complexity index is 1420. The summed E-state index contributed by atoms with van der Waals surface area (Å²) in [4.78, 5) is 15.6. The molecule has 1 aliphatic carbocycles. The Morgan fingerprint density at radius 2 is 1.76 bits per heavy atom. The molecule has 202 valence electrons. The highest BCUT2D eigenvalue weighted by molar-refractivity contribution is 7.88. The van der Waals surface area contributed by atoms with Crippen molar-refractivity contribution < 1.29 is 17.9 Å². The number of methoxy groups -OCH3 is 1. The smallest absolute Gasteiger partial charge is 0.316 e. The first-order chi connectivity index (χ1) is 18.3. The van der Waals surface area contributed by atoms with Crippen molar-refractivity contribution >= 4 is 27.3 Å². The zero-order valence-electron chi connectivity index (χ0n) is 21.2. The fraction of sp³-hybridized carbons (Fsp3) is 0.407. The van der Waals surface area contributed by atoms with Crippen LogP contribution in [0.2, 0.25) is 5.02 Å². The number of nitrogens with zero attached hydrogens (tertiary/aromatic N) is 4. The van der Waals surface area contributed by atoms with Crippen molar-refractivity contribution in [2.45, 2.75) is 24.7 Å². The van der Waals surface area contributed by atoms with Gasteiger partial charge in [-0.05, 0) is 42.5 Å². The van der Waals surface area contributed by atoms with Gasteiger partial charge in [0.1, 0.15) is 5.69 Å². The zero-order chi connectivity index (χ0) is 26.7. The van der Waals surface area contributed by atoms with E-state index in [-0.39, 0.29) is 23.2 Å². The molecule has 1 saturated heterocycles. The second-order valence-electron chi connectivity index (χ2n) is 9.69. The minimum Gasteiger partial charge on any atom is -0.486 e. The Kier molecular flexibility index (Phi) is 8.04. The lowest BCUT2D eigenvalue weighted by Crippen LogP contribution is -2.49. The molecule has 5 rings (SSSR count). The van der Waals surface area contributed by atoms with Crippen molar-refractivity contribution in [3.8, 4) is 11.4 Å². The Balaban J connectivity index is 1.35. The van der Waals surface area contributed by atoms with Crippen LogP contribution in [0.15, 0.2) is 65.6 Å². The predicted octanol–water partition coefficient (Wildman–Crippen LogP) is 3.34. The molecule has 2 heterocycles. The monoisotopic (exact) mass is 558 g/mol. The number of rotatable bonds is 9. The lowest BCUT2D eigenvalue weighted by molar-refractivity contribution is -0.0143. The van der Waals surface area contributed by atoms with Crippen molar-refractivity contribution in [1.29, 1.82) is 0 Å². The second kappa shape index (κ2) is 11.4. The van der Waals surface area contributed by atoms with Gasteiger partial charge in [0.25, 0.3) is 0 Å². The van der Waals surface area contributed by atoms with Gasteiger partial charge in [-0.15, -0.1) is 0 Å². The maximum absolute atomic E-state index is 13.6. The molecule has 2 aromatic carbocycles. The first-order valence-electron chi connectivity index (χ1n) is 12.6. The van der Waals surface area contributed by atoms with E-state index in [4.69, 9.17) is 21.1 Å². The molecule has 1 aromatic heterocycles. The summed E-state index contributed by atoms with van der Waals surface area (Å²) in [7, 11) is -1.76. The van der Waals surface area contributed by atoms with Gasteiger partial charge in [-0.2, -0.15) is 14.1 Å². The number of anilines is 1. The van der Waals surface area contributed by atoms with Crippen molar-refractivity contribution in [3.05, 3.63) is 81.7 Å². The summed E-state index contributed by atoms with van der Waals surface area (Å²) >= 11 is 6.15. The summed E-state index contributed by atoms with van der Waals surface area (Å²) in [6.45, 7) is 1.85. The summed E-state index contributed by atoms with van der Waals surface area (Å²) in [5.74, 6) is 0.477. The van der Waals surface area contributed by atoms with Gasteiger partial charge in [0, 0.05) is 38.3 Å². The van der Waals surface area contributed by atoms with Crippen LogP contribution in [0.25, 0.3) is 5.69 Å². The van der Waals surface area contributed by atoms with Crippen molar-refractivity contribution in [1.82, 2.24) is 14.1 Å². The average Bonchev–Trinajstić information content (AvgIpc) is 2.89. The van der Waals surface area contributed by atoms with Gasteiger partial charge in [-0.25, -0.2) is 8.42 Å². The van der Waals surface area contributed by atoms with Crippen LogP contribution >= 0.6 is 11.6 Å². The van der Waals surface area contributed by atoms with E-state index in [1.807, 2.05) is 35.2 Å². The summed E-state index contributed by atoms with van der Waals surface area (Å²) in [5, 5.41) is 4.90. The minimum absolute atomic E-state index is 0.0384. The number of piperazine rings is 1. The number of hydrogen-bond acceptors (Lipinski definition) is 7. The molecular formula is C27H31ClN4O5S. The summed E-state index contributed by atoms with van der Waals surface area (Å²) in [6, 6.07) is 16.1. The van der Waals surface area contributed by atoms with E-state index < -0.39 is 10.0 Å². The van der Waals surface area contributed by atoms with Gasteiger partial charge < -0.3 is 14.4 Å². The van der Waals surface area contributed by atoms with Gasteiger partial charge in [-0.3, -0.25) is 4.79 Å². The third kappa shape index (κ3) is 5.88. The first kappa shape index (κ1) is 26.7. The molecule has 1 saturated carbocycles. The molecule has 3 aromatic rings. The molecule has 0 N–H and O–H groups in total. The first-order valence-corrected chi connectivity index (χ1v) is 14.6. The SMILES string of the molecule is COC1CC(COc2c(N3CCN(S(=O)(=O)Cc4ccccc4)CC3)cnn(-c3cccc(Cl)c3)c2=O)C1. The zero-order valence-corrected chi connectivity index (χ0v) is 22.8. The molecular weight excluding hydrogens is 528 g/mol. The van der Waals surface area contributed by atoms with Crippen LogP contribution in [-0.4, -0.2) is 68.5 Å². The fourth-order valence-electron chi connectivity index (χ4n) is 4.87. The number of ether oxygens (including phenoxy) is 2. The molecule has 9 nitrogen and oxygen atoms in total. The number of benzene rings is 2. The maximum Gasteiger partial charge on any atom is 0.316 e. The van der Waals surface area contributed by atoms with Crippen molar-refractivity contribution in [2.24, 2.45) is 5.92 Å². The molecule has 2 fully saturated rings. The van der Waals surface area contributed by atoms with Gasteiger partial charge in [0.15, 0.2) is 0 Å². The van der Waals surface area contributed by atoms with Crippen LogP contribution in [0.5, 0.6) is 5.75 Å². The third-order valence-corrected chi connectivity index (χ3v) is 9.21. The van der Waals surface area contributed by atoms with Crippen molar-refractivity contribution in [3.63, 3.8) is 0 Å². The molecule has 0 amide bonds. The van der Waals surface area contributed by atoms with E-state index in [9.17, 15) is 13.2 Å².